The third kappa shape index (κ3) is 8.76. The van der Waals surface area contributed by atoms with E-state index >= 15 is 0 Å². The van der Waals surface area contributed by atoms with Crippen LogP contribution >= 0.6 is 0 Å². The second-order valence-corrected chi connectivity index (χ2v) is 6.78. The Morgan fingerprint density at radius 1 is 1.00 bits per heavy atom. The van der Waals surface area contributed by atoms with Crippen LogP contribution in [-0.2, 0) is 0 Å². The Morgan fingerprint density at radius 3 is 2.21 bits per heavy atom. The minimum absolute atomic E-state index is 0.815. The van der Waals surface area contributed by atoms with Gasteiger partial charge >= 0.3 is 0 Å². The highest BCUT2D eigenvalue weighted by Gasteiger charge is 2.04. The molecule has 0 fully saturated rings. The summed E-state index contributed by atoms with van der Waals surface area (Å²) in [7, 11) is 8.17. The average Bonchev–Trinajstić information content (AvgIpc) is 2.53. The van der Waals surface area contributed by atoms with Crippen LogP contribution in [0.2, 0.25) is 0 Å². The fourth-order valence-electron chi connectivity index (χ4n) is 2.55. The van der Waals surface area contributed by atoms with Crippen molar-refractivity contribution in [1.29, 1.82) is 0 Å². The molecule has 1 aromatic carbocycles. The van der Waals surface area contributed by atoms with Crippen molar-refractivity contribution in [2.24, 2.45) is 0 Å². The molecule has 0 saturated carbocycles. The minimum atomic E-state index is 0.815. The molecule has 0 aliphatic rings. The Labute approximate surface area is 148 Å². The molecule has 0 unspecified atom stereocenters. The van der Waals surface area contributed by atoms with Gasteiger partial charge in [0.15, 0.2) is 6.21 Å². The van der Waals surface area contributed by atoms with Crippen molar-refractivity contribution in [3.05, 3.63) is 36.0 Å². The van der Waals surface area contributed by atoms with E-state index in [-0.39, 0.29) is 0 Å². The van der Waals surface area contributed by atoms with Crippen LogP contribution in [0.5, 0.6) is 5.75 Å². The molecule has 1 rings (SSSR count). The molecule has 134 valence electrons. The molecule has 3 heteroatoms. The Kier molecular flexibility index (Phi) is 9.90. The lowest BCUT2D eigenvalue weighted by Crippen LogP contribution is -2.07. The summed E-state index contributed by atoms with van der Waals surface area (Å²) in [6.07, 6.45) is 12.0. The summed E-state index contributed by atoms with van der Waals surface area (Å²) in [6, 6.07) is 8.40. The van der Waals surface area contributed by atoms with Gasteiger partial charge in [-0.05, 0) is 24.1 Å². The van der Waals surface area contributed by atoms with Crippen molar-refractivity contribution in [1.82, 2.24) is 4.90 Å². The van der Waals surface area contributed by atoms with Gasteiger partial charge in [0, 0.05) is 20.3 Å². The third-order valence-electron chi connectivity index (χ3n) is 3.75. The van der Waals surface area contributed by atoms with Crippen LogP contribution in [0.3, 0.4) is 0 Å². The van der Waals surface area contributed by atoms with Gasteiger partial charge < -0.3 is 9.64 Å². The lowest BCUT2D eigenvalue weighted by atomic mass is 10.1. The molecular formula is C21H35N2O+. The lowest BCUT2D eigenvalue weighted by molar-refractivity contribution is -0.458. The van der Waals surface area contributed by atoms with Gasteiger partial charge in [-0.15, -0.1) is 0 Å². The maximum absolute atomic E-state index is 5.86. The van der Waals surface area contributed by atoms with Gasteiger partial charge in [-0.2, -0.15) is 0 Å². The van der Waals surface area contributed by atoms with Crippen molar-refractivity contribution in [2.75, 3.05) is 34.8 Å². The first kappa shape index (κ1) is 20.3. The normalized spacial score (nSPS) is 11.3. The van der Waals surface area contributed by atoms with Gasteiger partial charge in [-0.1, -0.05) is 51.2 Å². The molecule has 0 aliphatic carbocycles. The smallest absolute Gasteiger partial charge is 0.172 e. The molecule has 0 heterocycles. The van der Waals surface area contributed by atoms with Crippen molar-refractivity contribution >= 4 is 11.8 Å². The molecule has 1 aromatic rings. The van der Waals surface area contributed by atoms with Crippen LogP contribution < -0.4 is 4.74 Å². The molecular weight excluding hydrogens is 296 g/mol. The number of benzene rings is 1. The second kappa shape index (κ2) is 11.7. The van der Waals surface area contributed by atoms with E-state index in [0.29, 0.717) is 0 Å². The van der Waals surface area contributed by atoms with Crippen LogP contribution in [-0.4, -0.2) is 50.5 Å². The molecule has 0 amide bonds. The maximum atomic E-state index is 5.86. The Balaban J connectivity index is 2.51. The number of hydrogen-bond acceptors (Lipinski definition) is 2. The van der Waals surface area contributed by atoms with Crippen LogP contribution in [0, 0.1) is 0 Å². The number of hydrogen-bond donors (Lipinski definition) is 0. The summed E-state index contributed by atoms with van der Waals surface area (Å²) in [5.74, 6) is 0.960. The highest BCUT2D eigenvalue weighted by Crippen LogP contribution is 2.18. The zero-order chi connectivity index (χ0) is 17.8. The Hall–Kier alpha value is -1.77. The van der Waals surface area contributed by atoms with E-state index < -0.39 is 0 Å². The zero-order valence-electron chi connectivity index (χ0n) is 16.2. The van der Waals surface area contributed by atoms with E-state index in [2.05, 4.69) is 53.1 Å². The summed E-state index contributed by atoms with van der Waals surface area (Å²) in [6.45, 7) is 3.07. The van der Waals surface area contributed by atoms with Crippen molar-refractivity contribution in [3.63, 3.8) is 0 Å². The topological polar surface area (TPSA) is 15.5 Å². The van der Waals surface area contributed by atoms with Gasteiger partial charge in [-0.25, -0.2) is 4.58 Å². The van der Waals surface area contributed by atoms with Gasteiger partial charge in [0.2, 0.25) is 0 Å². The first-order chi connectivity index (χ1) is 11.5. The summed E-state index contributed by atoms with van der Waals surface area (Å²) in [5, 5.41) is 0. The fraction of sp³-hybridized carbons (Fsp3) is 0.571. The standard InChI is InChI=1S/C21H35N2O/c1-6-7-8-9-10-11-16-24-21-14-12-19(13-15-21)20(17-22(2)3)18-23(4)5/h12-15,17-18H,6-11,16H2,1-5H3/q+1. The predicted molar refractivity (Wildman–Crippen MR) is 105 cm³/mol. The average molecular weight is 332 g/mol. The van der Waals surface area contributed by atoms with Gasteiger partial charge in [0.25, 0.3) is 0 Å². The molecule has 0 spiro atoms. The number of unbranched alkanes of at least 4 members (excludes halogenated alkanes) is 5. The lowest BCUT2D eigenvalue weighted by Gasteiger charge is -2.10. The molecule has 0 aromatic heterocycles. The van der Waals surface area contributed by atoms with E-state index in [0.717, 1.165) is 18.8 Å². The van der Waals surface area contributed by atoms with Crippen molar-refractivity contribution in [2.45, 2.75) is 45.4 Å². The summed E-state index contributed by atoms with van der Waals surface area (Å²) in [5.41, 5.74) is 2.39. The van der Waals surface area contributed by atoms with E-state index in [1.54, 1.807) is 0 Å². The van der Waals surface area contributed by atoms with Crippen LogP contribution in [0.25, 0.3) is 5.57 Å². The van der Waals surface area contributed by atoms with E-state index in [9.17, 15) is 0 Å². The largest absolute Gasteiger partial charge is 0.494 e. The summed E-state index contributed by atoms with van der Waals surface area (Å²) in [4.78, 5) is 2.07. The SMILES string of the molecule is CCCCCCCCOc1ccc(C(=CN(C)C)C=[N+](C)C)cc1. The second-order valence-electron chi connectivity index (χ2n) is 6.78. The molecule has 0 atom stereocenters. The molecule has 0 saturated heterocycles. The number of rotatable bonds is 11. The molecule has 0 N–H and O–H groups in total. The predicted octanol–water partition coefficient (Wildman–Crippen LogP) is 4.67. The quantitative estimate of drug-likeness (QED) is 0.332. The van der Waals surface area contributed by atoms with Gasteiger partial charge in [-0.3, -0.25) is 0 Å². The van der Waals surface area contributed by atoms with Crippen molar-refractivity contribution in [3.8, 4) is 5.75 Å². The maximum Gasteiger partial charge on any atom is 0.172 e. The first-order valence-corrected chi connectivity index (χ1v) is 9.15. The van der Waals surface area contributed by atoms with E-state index in [4.69, 9.17) is 4.74 Å². The van der Waals surface area contributed by atoms with Crippen LogP contribution in [0.1, 0.15) is 51.0 Å². The van der Waals surface area contributed by atoms with Gasteiger partial charge in [0.05, 0.1) is 12.2 Å². The zero-order valence-corrected chi connectivity index (χ0v) is 16.2. The summed E-state index contributed by atoms with van der Waals surface area (Å²) < 4.78 is 7.93. The van der Waals surface area contributed by atoms with E-state index in [1.807, 2.05) is 28.2 Å². The molecule has 24 heavy (non-hydrogen) atoms. The Morgan fingerprint density at radius 2 is 1.62 bits per heavy atom. The van der Waals surface area contributed by atoms with Gasteiger partial charge in [0.1, 0.15) is 19.8 Å². The molecule has 0 radical (unpaired) electrons. The minimum Gasteiger partial charge on any atom is -0.494 e. The summed E-state index contributed by atoms with van der Waals surface area (Å²) >= 11 is 0. The highest BCUT2D eigenvalue weighted by atomic mass is 16.5. The number of ether oxygens (including phenoxy) is 1. The highest BCUT2D eigenvalue weighted by molar-refractivity contribution is 6.07. The van der Waals surface area contributed by atoms with Crippen LogP contribution in [0.4, 0.5) is 0 Å². The third-order valence-corrected chi connectivity index (χ3v) is 3.75. The van der Waals surface area contributed by atoms with Crippen molar-refractivity contribution < 1.29 is 9.31 Å². The molecule has 0 aliphatic heterocycles. The Bertz CT molecular complexity index is 511. The molecule has 3 nitrogen and oxygen atoms in total. The molecule has 0 bridgehead atoms. The number of nitrogens with zero attached hydrogens (tertiary/aromatic N) is 2. The number of allylic oxidation sites excluding steroid dienone is 1. The van der Waals surface area contributed by atoms with Crippen LogP contribution in [0.15, 0.2) is 30.5 Å². The van der Waals surface area contributed by atoms with E-state index in [1.165, 1.54) is 43.2 Å². The first-order valence-electron chi connectivity index (χ1n) is 9.15. The fourth-order valence-corrected chi connectivity index (χ4v) is 2.55. The monoisotopic (exact) mass is 331 g/mol.